The highest BCUT2D eigenvalue weighted by Crippen LogP contribution is 2.34. The van der Waals surface area contributed by atoms with E-state index in [0.29, 0.717) is 23.7 Å². The number of hydrogen-bond donors (Lipinski definition) is 2. The summed E-state index contributed by atoms with van der Waals surface area (Å²) in [5, 5.41) is 6.87. The molecule has 0 fully saturated rings. The van der Waals surface area contributed by atoms with E-state index in [-0.39, 0.29) is 11.8 Å². The zero-order valence-corrected chi connectivity index (χ0v) is 22.0. The second-order valence-corrected chi connectivity index (χ2v) is 9.27. The normalized spacial score (nSPS) is 11.8. The molecular weight excluding hydrogens is 557 g/mol. The number of benzene rings is 3. The van der Waals surface area contributed by atoms with Crippen molar-refractivity contribution in [1.29, 1.82) is 0 Å². The van der Waals surface area contributed by atoms with Gasteiger partial charge in [0.15, 0.2) is 11.5 Å². The van der Waals surface area contributed by atoms with Crippen molar-refractivity contribution < 1.29 is 19.1 Å². The van der Waals surface area contributed by atoms with Crippen LogP contribution in [0.3, 0.4) is 0 Å². The highest BCUT2D eigenvalue weighted by atomic mass is 127. The van der Waals surface area contributed by atoms with Crippen LogP contribution in [0, 0.1) is 9.49 Å². The SMILES string of the molecule is COc1cc(/C=N/NC(=O)C(NC(=O)c2ccccc2)C(C)C)cc(I)c1OCc1ccccc1. The molecule has 0 bridgehead atoms. The molecule has 1 atom stereocenters. The number of nitrogens with one attached hydrogen (secondary N) is 2. The van der Waals surface area contributed by atoms with Gasteiger partial charge in [-0.25, -0.2) is 5.43 Å². The molecule has 7 nitrogen and oxygen atoms in total. The average Bonchev–Trinajstić information content (AvgIpc) is 2.87. The summed E-state index contributed by atoms with van der Waals surface area (Å²) < 4.78 is 12.3. The molecule has 0 aliphatic heterocycles. The number of carbonyl (C=O) groups excluding carboxylic acids is 2. The van der Waals surface area contributed by atoms with Crippen molar-refractivity contribution in [2.24, 2.45) is 11.0 Å². The third-order valence-electron chi connectivity index (χ3n) is 5.14. The average molecular weight is 585 g/mol. The van der Waals surface area contributed by atoms with Gasteiger partial charge in [0.05, 0.1) is 16.9 Å². The van der Waals surface area contributed by atoms with Crippen molar-refractivity contribution >= 4 is 40.6 Å². The molecule has 3 aromatic rings. The summed E-state index contributed by atoms with van der Waals surface area (Å²) in [6, 6.07) is 21.6. The molecule has 1 unspecified atom stereocenters. The number of halogens is 1. The summed E-state index contributed by atoms with van der Waals surface area (Å²) in [6.45, 7) is 4.14. The minimum absolute atomic E-state index is 0.125. The van der Waals surface area contributed by atoms with Crippen molar-refractivity contribution in [2.75, 3.05) is 7.11 Å². The number of hydrogen-bond acceptors (Lipinski definition) is 5. The van der Waals surface area contributed by atoms with Crippen molar-refractivity contribution in [3.8, 4) is 11.5 Å². The van der Waals surface area contributed by atoms with E-state index in [2.05, 4.69) is 38.4 Å². The first-order chi connectivity index (χ1) is 16.9. The molecule has 182 valence electrons. The van der Waals surface area contributed by atoms with Crippen LogP contribution >= 0.6 is 22.6 Å². The second-order valence-electron chi connectivity index (χ2n) is 8.10. The topological polar surface area (TPSA) is 89.0 Å². The van der Waals surface area contributed by atoms with Crippen LogP contribution in [-0.2, 0) is 11.4 Å². The van der Waals surface area contributed by atoms with Crippen molar-refractivity contribution in [2.45, 2.75) is 26.5 Å². The Bertz CT molecular complexity index is 1170. The highest BCUT2D eigenvalue weighted by molar-refractivity contribution is 14.1. The van der Waals surface area contributed by atoms with Crippen molar-refractivity contribution in [3.63, 3.8) is 0 Å². The number of amides is 2. The monoisotopic (exact) mass is 585 g/mol. The Balaban J connectivity index is 1.65. The van der Waals surface area contributed by atoms with E-state index in [1.807, 2.05) is 56.3 Å². The molecule has 0 saturated carbocycles. The van der Waals surface area contributed by atoms with E-state index in [0.717, 1.165) is 14.7 Å². The second kappa shape index (κ2) is 12.9. The maximum absolute atomic E-state index is 12.7. The van der Waals surface area contributed by atoms with E-state index < -0.39 is 11.9 Å². The van der Waals surface area contributed by atoms with Gasteiger partial charge in [-0.15, -0.1) is 0 Å². The van der Waals surface area contributed by atoms with Gasteiger partial charge in [-0.05, 0) is 63.9 Å². The number of hydrazone groups is 1. The molecule has 3 aromatic carbocycles. The maximum Gasteiger partial charge on any atom is 0.262 e. The van der Waals surface area contributed by atoms with Gasteiger partial charge in [0.2, 0.25) is 0 Å². The standard InChI is InChI=1S/C27H28IN3O4/c1-18(2)24(30-26(32)21-12-8-5-9-13-21)27(33)31-29-16-20-14-22(28)25(23(15-20)34-3)35-17-19-10-6-4-7-11-19/h4-16,18,24H,17H2,1-3H3,(H,30,32)(H,31,33)/b29-16+. The molecule has 0 aliphatic carbocycles. The number of carbonyl (C=O) groups is 2. The zero-order chi connectivity index (χ0) is 25.2. The lowest BCUT2D eigenvalue weighted by Crippen LogP contribution is -2.48. The van der Waals surface area contributed by atoms with Crippen LogP contribution in [0.1, 0.15) is 35.3 Å². The Hall–Kier alpha value is -3.40. The Labute approximate surface area is 219 Å². The third-order valence-corrected chi connectivity index (χ3v) is 5.94. The summed E-state index contributed by atoms with van der Waals surface area (Å²) in [5.74, 6) is 0.371. The number of rotatable bonds is 10. The van der Waals surface area contributed by atoms with Crippen molar-refractivity contribution in [1.82, 2.24) is 10.7 Å². The smallest absolute Gasteiger partial charge is 0.262 e. The first-order valence-corrected chi connectivity index (χ1v) is 12.2. The number of methoxy groups -OCH3 is 1. The fraction of sp³-hybridized carbons (Fsp3) is 0.222. The molecule has 35 heavy (non-hydrogen) atoms. The predicted molar refractivity (Wildman–Crippen MR) is 145 cm³/mol. The molecular formula is C27H28IN3O4. The van der Waals surface area contributed by atoms with Gasteiger partial charge in [0, 0.05) is 5.56 Å². The van der Waals surface area contributed by atoms with E-state index in [1.54, 1.807) is 37.4 Å². The lowest BCUT2D eigenvalue weighted by Gasteiger charge is -2.20. The molecule has 3 rings (SSSR count). The van der Waals surface area contributed by atoms with Crippen molar-refractivity contribution in [3.05, 3.63) is 93.1 Å². The van der Waals surface area contributed by atoms with Gasteiger partial charge in [-0.3, -0.25) is 9.59 Å². The lowest BCUT2D eigenvalue weighted by molar-refractivity contribution is -0.123. The molecule has 0 radical (unpaired) electrons. The maximum atomic E-state index is 12.7. The van der Waals surface area contributed by atoms with Gasteiger partial charge >= 0.3 is 0 Å². The van der Waals surface area contributed by atoms with E-state index in [4.69, 9.17) is 9.47 Å². The molecule has 0 spiro atoms. The molecule has 2 N–H and O–H groups in total. The van der Waals surface area contributed by atoms with Crippen LogP contribution in [0.5, 0.6) is 11.5 Å². The summed E-state index contributed by atoms with van der Waals surface area (Å²) in [5.41, 5.74) is 4.80. The number of ether oxygens (including phenoxy) is 2. The highest BCUT2D eigenvalue weighted by Gasteiger charge is 2.24. The quantitative estimate of drug-likeness (QED) is 0.204. The van der Waals surface area contributed by atoms with Crippen LogP contribution < -0.4 is 20.2 Å². The van der Waals surface area contributed by atoms with Crippen LogP contribution in [0.2, 0.25) is 0 Å². The molecule has 8 heteroatoms. The van der Waals surface area contributed by atoms with E-state index in [9.17, 15) is 9.59 Å². The lowest BCUT2D eigenvalue weighted by atomic mass is 10.0. The summed E-state index contributed by atoms with van der Waals surface area (Å²) in [7, 11) is 1.58. The van der Waals surface area contributed by atoms with Gasteiger partial charge in [-0.2, -0.15) is 5.10 Å². The predicted octanol–water partition coefficient (Wildman–Crippen LogP) is 4.78. The van der Waals surface area contributed by atoms with Crippen LogP contribution in [0.15, 0.2) is 77.9 Å². The molecule has 0 heterocycles. The Morgan fingerprint density at radius 3 is 2.31 bits per heavy atom. The van der Waals surface area contributed by atoms with Crippen LogP contribution in [-0.4, -0.2) is 31.2 Å². The Kier molecular flexibility index (Phi) is 9.66. The molecule has 0 aliphatic rings. The minimum Gasteiger partial charge on any atom is -0.493 e. The number of nitrogens with zero attached hydrogens (tertiary/aromatic N) is 1. The fourth-order valence-electron chi connectivity index (χ4n) is 3.27. The first kappa shape index (κ1) is 26.2. The van der Waals surface area contributed by atoms with Crippen LogP contribution in [0.25, 0.3) is 0 Å². The van der Waals surface area contributed by atoms with Gasteiger partial charge < -0.3 is 14.8 Å². The molecule has 0 aromatic heterocycles. The largest absolute Gasteiger partial charge is 0.493 e. The summed E-state index contributed by atoms with van der Waals surface area (Å²) >= 11 is 2.18. The van der Waals surface area contributed by atoms with Crippen LogP contribution in [0.4, 0.5) is 0 Å². The van der Waals surface area contributed by atoms with Gasteiger partial charge in [0.25, 0.3) is 11.8 Å². The molecule has 0 saturated heterocycles. The van der Waals surface area contributed by atoms with E-state index >= 15 is 0 Å². The minimum atomic E-state index is -0.733. The van der Waals surface area contributed by atoms with Gasteiger partial charge in [0.1, 0.15) is 12.6 Å². The van der Waals surface area contributed by atoms with Gasteiger partial charge in [-0.1, -0.05) is 62.4 Å². The Morgan fingerprint density at radius 2 is 1.69 bits per heavy atom. The Morgan fingerprint density at radius 1 is 1.03 bits per heavy atom. The first-order valence-electron chi connectivity index (χ1n) is 11.1. The zero-order valence-electron chi connectivity index (χ0n) is 19.8. The fourth-order valence-corrected chi connectivity index (χ4v) is 4.05. The summed E-state index contributed by atoms with van der Waals surface area (Å²) in [6.07, 6.45) is 1.53. The molecule has 2 amide bonds. The third kappa shape index (κ3) is 7.54. The summed E-state index contributed by atoms with van der Waals surface area (Å²) in [4.78, 5) is 25.2. The van der Waals surface area contributed by atoms with E-state index in [1.165, 1.54) is 6.21 Å².